The standard InChI is InChI=1S/C11H8N4/c12-8-7-11-5-2-1-4-10(11)6-3-9-14-15-13/h1-2,4-5H,7,9H2. The lowest BCUT2D eigenvalue weighted by atomic mass is 10.1. The molecule has 0 aliphatic heterocycles. The lowest BCUT2D eigenvalue weighted by molar-refractivity contribution is 1.24. The molecule has 15 heavy (non-hydrogen) atoms. The second-order valence-electron chi connectivity index (χ2n) is 2.68. The summed E-state index contributed by atoms with van der Waals surface area (Å²) in [6, 6.07) is 9.51. The van der Waals surface area contributed by atoms with Crippen LogP contribution < -0.4 is 0 Å². The van der Waals surface area contributed by atoms with Gasteiger partial charge in [0, 0.05) is 10.5 Å². The van der Waals surface area contributed by atoms with Crippen molar-refractivity contribution in [2.75, 3.05) is 6.54 Å². The minimum atomic E-state index is 0.150. The van der Waals surface area contributed by atoms with E-state index in [1.165, 1.54) is 0 Å². The van der Waals surface area contributed by atoms with Gasteiger partial charge in [0.2, 0.25) is 0 Å². The molecule has 4 heteroatoms. The number of rotatable bonds is 2. The number of hydrogen-bond donors (Lipinski definition) is 0. The molecule has 1 aromatic rings. The highest BCUT2D eigenvalue weighted by atomic mass is 15.1. The van der Waals surface area contributed by atoms with Gasteiger partial charge in [0.1, 0.15) is 0 Å². The summed E-state index contributed by atoms with van der Waals surface area (Å²) in [5, 5.41) is 11.9. The molecule has 0 fully saturated rings. The van der Waals surface area contributed by atoms with Gasteiger partial charge in [-0.25, -0.2) is 0 Å². The van der Waals surface area contributed by atoms with E-state index in [4.69, 9.17) is 10.8 Å². The van der Waals surface area contributed by atoms with Crippen molar-refractivity contribution < 1.29 is 0 Å². The molecular weight excluding hydrogens is 188 g/mol. The van der Waals surface area contributed by atoms with Crippen LogP contribution in [0.25, 0.3) is 10.4 Å². The first-order chi connectivity index (χ1) is 7.38. The lowest BCUT2D eigenvalue weighted by Crippen LogP contribution is -1.87. The maximum atomic E-state index is 8.59. The highest BCUT2D eigenvalue weighted by Crippen LogP contribution is 2.07. The molecule has 0 spiro atoms. The van der Waals surface area contributed by atoms with Crippen LogP contribution in [0.1, 0.15) is 11.1 Å². The van der Waals surface area contributed by atoms with E-state index in [9.17, 15) is 0 Å². The predicted molar refractivity (Wildman–Crippen MR) is 56.7 cm³/mol. The van der Waals surface area contributed by atoms with Crippen LogP contribution in [0.3, 0.4) is 0 Å². The third-order valence-corrected chi connectivity index (χ3v) is 1.72. The van der Waals surface area contributed by atoms with Crippen LogP contribution in [0.15, 0.2) is 29.4 Å². The largest absolute Gasteiger partial charge is 0.198 e. The fourth-order valence-corrected chi connectivity index (χ4v) is 1.08. The van der Waals surface area contributed by atoms with Gasteiger partial charge in [0.25, 0.3) is 0 Å². The van der Waals surface area contributed by atoms with E-state index in [2.05, 4.69) is 27.9 Å². The molecule has 0 amide bonds. The Labute approximate surface area is 87.8 Å². The van der Waals surface area contributed by atoms with Crippen LogP contribution in [0.4, 0.5) is 0 Å². The van der Waals surface area contributed by atoms with Gasteiger partial charge in [0.05, 0.1) is 19.0 Å². The van der Waals surface area contributed by atoms with Crippen LogP contribution in [-0.4, -0.2) is 6.54 Å². The maximum absolute atomic E-state index is 8.59. The Morgan fingerprint density at radius 1 is 1.40 bits per heavy atom. The van der Waals surface area contributed by atoms with Crippen LogP contribution in [0.2, 0.25) is 0 Å². The zero-order valence-electron chi connectivity index (χ0n) is 8.01. The molecule has 0 radical (unpaired) electrons. The monoisotopic (exact) mass is 196 g/mol. The Hall–Kier alpha value is -2.42. The Morgan fingerprint density at radius 2 is 2.20 bits per heavy atom. The number of hydrogen-bond acceptors (Lipinski definition) is 2. The summed E-state index contributed by atoms with van der Waals surface area (Å²) in [5.74, 6) is 5.59. The maximum Gasteiger partial charge on any atom is 0.0880 e. The summed E-state index contributed by atoms with van der Waals surface area (Å²) in [6.45, 7) is 0.150. The SMILES string of the molecule is N#CCc1ccccc1C#CCN=[N+]=[N-]. The van der Waals surface area contributed by atoms with Crippen molar-refractivity contribution >= 4 is 0 Å². The summed E-state index contributed by atoms with van der Waals surface area (Å²) in [4.78, 5) is 2.60. The molecule has 1 rings (SSSR count). The van der Waals surface area contributed by atoms with Crippen LogP contribution in [0, 0.1) is 23.2 Å². The van der Waals surface area contributed by atoms with E-state index in [1.807, 2.05) is 24.3 Å². The second-order valence-corrected chi connectivity index (χ2v) is 2.68. The molecule has 0 aliphatic rings. The molecule has 0 N–H and O–H groups in total. The summed E-state index contributed by atoms with van der Waals surface area (Å²) < 4.78 is 0. The van der Waals surface area contributed by atoms with Gasteiger partial charge in [0.15, 0.2) is 0 Å². The van der Waals surface area contributed by atoms with E-state index < -0.39 is 0 Å². The molecular formula is C11H8N4. The van der Waals surface area contributed by atoms with Gasteiger partial charge >= 0.3 is 0 Å². The fourth-order valence-electron chi connectivity index (χ4n) is 1.08. The second kappa shape index (κ2) is 6.10. The summed E-state index contributed by atoms with van der Waals surface area (Å²) >= 11 is 0. The quantitative estimate of drug-likeness (QED) is 0.310. The third-order valence-electron chi connectivity index (χ3n) is 1.72. The molecule has 0 saturated heterocycles. The Kier molecular flexibility index (Phi) is 4.33. The number of benzene rings is 1. The average molecular weight is 196 g/mol. The van der Waals surface area contributed by atoms with Gasteiger partial charge in [-0.3, -0.25) is 0 Å². The molecule has 0 unspecified atom stereocenters. The van der Waals surface area contributed by atoms with Crippen LogP contribution >= 0.6 is 0 Å². The first-order valence-corrected chi connectivity index (χ1v) is 4.33. The highest BCUT2D eigenvalue weighted by Gasteiger charge is 1.96. The summed E-state index contributed by atoms with van der Waals surface area (Å²) in [7, 11) is 0. The minimum Gasteiger partial charge on any atom is -0.198 e. The molecule has 0 atom stereocenters. The topological polar surface area (TPSA) is 72.5 Å². The lowest BCUT2D eigenvalue weighted by Gasteiger charge is -1.97. The van der Waals surface area contributed by atoms with Gasteiger partial charge in [-0.2, -0.15) is 5.26 Å². The Bertz CT molecular complexity index is 481. The van der Waals surface area contributed by atoms with Crippen molar-refractivity contribution in [1.82, 2.24) is 0 Å². The van der Waals surface area contributed by atoms with Crippen LogP contribution in [0.5, 0.6) is 0 Å². The van der Waals surface area contributed by atoms with E-state index >= 15 is 0 Å². The predicted octanol–water partition coefficient (Wildman–Crippen LogP) is 2.41. The average Bonchev–Trinajstić information content (AvgIpc) is 2.27. The van der Waals surface area contributed by atoms with Crippen molar-refractivity contribution in [3.8, 4) is 17.9 Å². The van der Waals surface area contributed by atoms with Gasteiger partial charge in [-0.15, -0.1) is 0 Å². The zero-order chi connectivity index (χ0) is 10.9. The van der Waals surface area contributed by atoms with E-state index in [0.717, 1.165) is 11.1 Å². The van der Waals surface area contributed by atoms with Crippen molar-refractivity contribution in [3.63, 3.8) is 0 Å². The Morgan fingerprint density at radius 3 is 2.93 bits per heavy atom. The molecule has 1 aromatic carbocycles. The van der Waals surface area contributed by atoms with Crippen LogP contribution in [-0.2, 0) is 6.42 Å². The summed E-state index contributed by atoms with van der Waals surface area (Å²) in [6.07, 6.45) is 0.340. The smallest absolute Gasteiger partial charge is 0.0880 e. The van der Waals surface area contributed by atoms with Crippen molar-refractivity contribution in [3.05, 3.63) is 45.8 Å². The minimum absolute atomic E-state index is 0.150. The van der Waals surface area contributed by atoms with Gasteiger partial charge in [-0.05, 0) is 17.2 Å². The van der Waals surface area contributed by atoms with Gasteiger partial charge < -0.3 is 0 Å². The van der Waals surface area contributed by atoms with Gasteiger partial charge in [-0.1, -0.05) is 35.2 Å². The van der Waals surface area contributed by atoms with E-state index in [0.29, 0.717) is 6.42 Å². The molecule has 0 saturated carbocycles. The molecule has 0 heterocycles. The molecule has 72 valence electrons. The third kappa shape index (κ3) is 3.44. The molecule has 0 aliphatic carbocycles. The van der Waals surface area contributed by atoms with E-state index in [-0.39, 0.29) is 6.54 Å². The first-order valence-electron chi connectivity index (χ1n) is 4.33. The fraction of sp³-hybridized carbons (Fsp3) is 0.182. The first kappa shape index (κ1) is 10.7. The van der Waals surface area contributed by atoms with Crippen molar-refractivity contribution in [1.29, 1.82) is 5.26 Å². The normalized spacial score (nSPS) is 7.93. The van der Waals surface area contributed by atoms with Crippen molar-refractivity contribution in [2.24, 2.45) is 5.11 Å². The molecule has 4 nitrogen and oxygen atoms in total. The Balaban J connectivity index is 2.87. The van der Waals surface area contributed by atoms with Crippen molar-refractivity contribution in [2.45, 2.75) is 6.42 Å². The summed E-state index contributed by atoms with van der Waals surface area (Å²) in [5.41, 5.74) is 9.76. The number of azide groups is 1. The molecule has 0 aromatic heterocycles. The van der Waals surface area contributed by atoms with E-state index in [1.54, 1.807) is 0 Å². The highest BCUT2D eigenvalue weighted by molar-refractivity contribution is 5.42. The number of nitriles is 1. The molecule has 0 bridgehead atoms. The number of nitrogens with zero attached hydrogens (tertiary/aromatic N) is 4. The zero-order valence-corrected chi connectivity index (χ0v) is 8.01.